The van der Waals surface area contributed by atoms with Gasteiger partial charge < -0.3 is 9.47 Å². The van der Waals surface area contributed by atoms with Gasteiger partial charge in [0.05, 0.1) is 42.6 Å². The summed E-state index contributed by atoms with van der Waals surface area (Å²) in [5, 5.41) is 18.6. The van der Waals surface area contributed by atoms with Gasteiger partial charge in [0.15, 0.2) is 0 Å². The number of nitrogens with zero attached hydrogens (tertiary/aromatic N) is 4. The van der Waals surface area contributed by atoms with Crippen molar-refractivity contribution in [3.05, 3.63) is 46.5 Å². The predicted octanol–water partition coefficient (Wildman–Crippen LogP) is 4.78. The summed E-state index contributed by atoms with van der Waals surface area (Å²) in [5.41, 5.74) is 0.424. The zero-order valence-electron chi connectivity index (χ0n) is 16.7. The van der Waals surface area contributed by atoms with E-state index < -0.39 is 11.7 Å². The van der Waals surface area contributed by atoms with Crippen LogP contribution in [0, 0.1) is 17.2 Å². The van der Waals surface area contributed by atoms with Gasteiger partial charge in [-0.05, 0) is 42.3 Å². The smallest absolute Gasteiger partial charge is 0.416 e. The molecule has 2 aromatic rings. The van der Waals surface area contributed by atoms with Gasteiger partial charge in [-0.2, -0.15) is 18.4 Å². The SMILES string of the molecule is N#Cc1cc(C(F)(F)F)ccc1CSC1=NC2(CC2)c2cc(OCC3COC3)nnc2S1. The number of thioether (sulfide) groups is 2. The predicted molar refractivity (Wildman–Crippen MR) is 113 cm³/mol. The molecule has 1 aromatic carbocycles. The first-order valence-corrected chi connectivity index (χ1v) is 11.8. The van der Waals surface area contributed by atoms with E-state index >= 15 is 0 Å². The molecule has 5 rings (SSSR count). The maximum atomic E-state index is 12.9. The minimum absolute atomic E-state index is 0.0220. The number of aromatic nitrogens is 2. The van der Waals surface area contributed by atoms with Crippen molar-refractivity contribution in [2.45, 2.75) is 35.3 Å². The van der Waals surface area contributed by atoms with Crippen LogP contribution in [-0.2, 0) is 22.2 Å². The lowest BCUT2D eigenvalue weighted by atomic mass is 10.1. The van der Waals surface area contributed by atoms with Crippen LogP contribution in [0.1, 0.15) is 35.1 Å². The van der Waals surface area contributed by atoms with Crippen LogP contribution < -0.4 is 4.74 Å². The maximum absolute atomic E-state index is 12.9. The molecule has 1 saturated carbocycles. The van der Waals surface area contributed by atoms with Crippen LogP contribution in [0.4, 0.5) is 13.2 Å². The molecule has 3 aliphatic rings. The summed E-state index contributed by atoms with van der Waals surface area (Å²) >= 11 is 2.78. The molecule has 0 unspecified atom stereocenters. The molecule has 0 N–H and O–H groups in total. The van der Waals surface area contributed by atoms with Gasteiger partial charge in [-0.3, -0.25) is 4.99 Å². The fraction of sp³-hybridized carbons (Fsp3) is 0.429. The number of hydrogen-bond acceptors (Lipinski definition) is 8. The fourth-order valence-corrected chi connectivity index (χ4v) is 5.70. The van der Waals surface area contributed by atoms with E-state index in [1.54, 1.807) is 0 Å². The van der Waals surface area contributed by atoms with E-state index in [1.165, 1.54) is 29.6 Å². The number of halogens is 3. The number of hydrogen-bond donors (Lipinski definition) is 0. The molecular weight excluding hydrogens is 461 g/mol. The third-order valence-corrected chi connectivity index (χ3v) is 7.69. The quantitative estimate of drug-likeness (QED) is 0.612. The first-order valence-electron chi connectivity index (χ1n) is 9.96. The lowest BCUT2D eigenvalue weighted by molar-refractivity contribution is -0.137. The normalized spacial score (nSPS) is 19.0. The first-order chi connectivity index (χ1) is 15.4. The van der Waals surface area contributed by atoms with Crippen LogP contribution in [0.3, 0.4) is 0 Å². The van der Waals surface area contributed by atoms with E-state index in [-0.39, 0.29) is 11.1 Å². The Balaban J connectivity index is 1.29. The topological polar surface area (TPSA) is 80.4 Å². The number of fused-ring (bicyclic) bond motifs is 2. The van der Waals surface area contributed by atoms with Crippen LogP contribution in [0.2, 0.25) is 0 Å². The molecule has 1 saturated heterocycles. The van der Waals surface area contributed by atoms with Crippen LogP contribution in [0.15, 0.2) is 34.3 Å². The van der Waals surface area contributed by atoms with Crippen molar-refractivity contribution in [1.82, 2.24) is 10.2 Å². The summed E-state index contributed by atoms with van der Waals surface area (Å²) in [6, 6.07) is 7.05. The molecule has 1 aliphatic carbocycles. The molecular formula is C21H17F3N4O2S2. The molecule has 3 heterocycles. The maximum Gasteiger partial charge on any atom is 0.416 e. The summed E-state index contributed by atoms with van der Waals surface area (Å²) in [6.07, 6.45) is -2.68. The average molecular weight is 479 g/mol. The Kier molecular flexibility index (Phi) is 5.55. The fourth-order valence-electron chi connectivity index (χ4n) is 3.45. The Morgan fingerprint density at radius 2 is 2.06 bits per heavy atom. The van der Waals surface area contributed by atoms with Crippen molar-refractivity contribution in [3.63, 3.8) is 0 Å². The average Bonchev–Trinajstić information content (AvgIpc) is 3.50. The molecule has 2 aliphatic heterocycles. The van der Waals surface area contributed by atoms with E-state index in [0.29, 0.717) is 42.9 Å². The highest BCUT2D eigenvalue weighted by Gasteiger charge is 2.49. The Hall–Kier alpha value is -2.29. The van der Waals surface area contributed by atoms with Crippen molar-refractivity contribution in [1.29, 1.82) is 5.26 Å². The molecule has 0 bridgehead atoms. The van der Waals surface area contributed by atoms with Crippen LogP contribution in [0.5, 0.6) is 5.88 Å². The van der Waals surface area contributed by atoms with Gasteiger partial charge in [-0.25, -0.2) is 0 Å². The highest BCUT2D eigenvalue weighted by Crippen LogP contribution is 2.56. The Morgan fingerprint density at radius 1 is 1.25 bits per heavy atom. The second-order valence-corrected chi connectivity index (χ2v) is 10.1. The number of benzene rings is 1. The molecule has 6 nitrogen and oxygen atoms in total. The van der Waals surface area contributed by atoms with Crippen molar-refractivity contribution in [3.8, 4) is 11.9 Å². The summed E-state index contributed by atoms with van der Waals surface area (Å²) in [7, 11) is 0. The molecule has 1 aromatic heterocycles. The second kappa shape index (κ2) is 8.24. The van der Waals surface area contributed by atoms with Crippen molar-refractivity contribution < 1.29 is 22.6 Å². The Morgan fingerprint density at radius 3 is 2.72 bits per heavy atom. The third kappa shape index (κ3) is 4.31. The van der Waals surface area contributed by atoms with E-state index in [4.69, 9.17) is 14.5 Å². The molecule has 11 heteroatoms. The van der Waals surface area contributed by atoms with Gasteiger partial charge in [-0.1, -0.05) is 17.8 Å². The molecule has 0 amide bonds. The molecule has 2 fully saturated rings. The second-order valence-electron chi connectivity index (χ2n) is 7.90. The van der Waals surface area contributed by atoms with Crippen molar-refractivity contribution >= 4 is 27.9 Å². The summed E-state index contributed by atoms with van der Waals surface area (Å²) in [5.74, 6) is 1.22. The van der Waals surface area contributed by atoms with Gasteiger partial charge in [0.2, 0.25) is 5.88 Å². The lowest BCUT2D eigenvalue weighted by Gasteiger charge is -2.26. The van der Waals surface area contributed by atoms with E-state index in [1.807, 2.05) is 12.1 Å². The third-order valence-electron chi connectivity index (χ3n) is 5.53. The molecule has 32 heavy (non-hydrogen) atoms. The van der Waals surface area contributed by atoms with Gasteiger partial charge >= 0.3 is 6.18 Å². The minimum atomic E-state index is -4.48. The number of nitriles is 1. The monoisotopic (exact) mass is 478 g/mol. The van der Waals surface area contributed by atoms with Crippen LogP contribution >= 0.6 is 23.5 Å². The van der Waals surface area contributed by atoms with E-state index in [9.17, 15) is 18.4 Å². The summed E-state index contributed by atoms with van der Waals surface area (Å²) in [4.78, 5) is 4.89. The Labute approximate surface area is 190 Å². The van der Waals surface area contributed by atoms with E-state index in [0.717, 1.165) is 39.9 Å². The number of ether oxygens (including phenoxy) is 2. The largest absolute Gasteiger partial charge is 0.476 e. The number of aliphatic imine (C=N–C) groups is 1. The number of rotatable bonds is 5. The first kappa shape index (κ1) is 21.6. The zero-order chi connectivity index (χ0) is 22.3. The lowest BCUT2D eigenvalue weighted by Crippen LogP contribution is -2.32. The van der Waals surface area contributed by atoms with Crippen molar-refractivity contribution in [2.75, 3.05) is 19.8 Å². The summed E-state index contributed by atoms with van der Waals surface area (Å²) in [6.45, 7) is 1.96. The van der Waals surface area contributed by atoms with Crippen LogP contribution in [-0.4, -0.2) is 34.4 Å². The minimum Gasteiger partial charge on any atom is -0.476 e. The van der Waals surface area contributed by atoms with Gasteiger partial charge in [0.25, 0.3) is 0 Å². The molecule has 1 spiro atoms. The van der Waals surface area contributed by atoms with Gasteiger partial charge in [0, 0.05) is 23.3 Å². The molecule has 0 atom stereocenters. The van der Waals surface area contributed by atoms with Gasteiger partial charge in [0.1, 0.15) is 9.40 Å². The highest BCUT2D eigenvalue weighted by molar-refractivity contribution is 8.38. The summed E-state index contributed by atoms with van der Waals surface area (Å²) < 4.78 is 50.4. The van der Waals surface area contributed by atoms with Crippen molar-refractivity contribution in [2.24, 2.45) is 10.9 Å². The van der Waals surface area contributed by atoms with E-state index in [2.05, 4.69) is 10.2 Å². The standard InChI is InChI=1S/C21H17F3N4O2S2/c22-21(23,24)15-2-1-13(14(5-15)7-25)11-31-19-26-20(3-4-20)16-6-17(27-28-18(16)32-19)30-10-12-8-29-9-12/h1-2,5-6,12H,3-4,8-11H2. The molecule has 0 radical (unpaired) electrons. The Bertz CT molecular complexity index is 1130. The zero-order valence-corrected chi connectivity index (χ0v) is 18.3. The van der Waals surface area contributed by atoms with Crippen LogP contribution in [0.25, 0.3) is 0 Å². The molecule has 166 valence electrons. The van der Waals surface area contributed by atoms with Gasteiger partial charge in [-0.15, -0.1) is 10.2 Å². The highest BCUT2D eigenvalue weighted by atomic mass is 32.2. The number of alkyl halides is 3.